The monoisotopic (exact) mass is 349 g/mol. The molecule has 2 aromatic carbocycles. The van der Waals surface area contributed by atoms with Gasteiger partial charge in [0, 0.05) is 5.69 Å². The highest BCUT2D eigenvalue weighted by molar-refractivity contribution is 5.59. The van der Waals surface area contributed by atoms with Gasteiger partial charge in [-0.25, -0.2) is 0 Å². The van der Waals surface area contributed by atoms with Crippen molar-refractivity contribution in [3.8, 4) is 5.75 Å². The fraction of sp³-hybridized carbons (Fsp3) is 0.238. The molecule has 1 N–H and O–H groups in total. The van der Waals surface area contributed by atoms with Crippen LogP contribution in [0.5, 0.6) is 5.75 Å². The van der Waals surface area contributed by atoms with E-state index in [4.69, 9.17) is 4.74 Å². The maximum atomic E-state index is 12.2. The van der Waals surface area contributed by atoms with E-state index >= 15 is 0 Å². The molecule has 5 nitrogen and oxygen atoms in total. The second-order valence-electron chi connectivity index (χ2n) is 6.42. The van der Waals surface area contributed by atoms with E-state index in [1.165, 1.54) is 12.7 Å². The molecule has 0 unspecified atom stereocenters. The van der Waals surface area contributed by atoms with Crippen molar-refractivity contribution in [3.63, 3.8) is 0 Å². The van der Waals surface area contributed by atoms with Gasteiger partial charge in [-0.05, 0) is 23.1 Å². The molecule has 0 saturated heterocycles. The third-order valence-electron chi connectivity index (χ3n) is 4.21. The largest absolute Gasteiger partial charge is 0.490 e. The van der Waals surface area contributed by atoms with Crippen LogP contribution in [0.15, 0.2) is 65.6 Å². The van der Waals surface area contributed by atoms with Crippen LogP contribution in [0, 0.1) is 0 Å². The Balaban J connectivity index is 2.03. The molecule has 0 aliphatic heterocycles. The van der Waals surface area contributed by atoms with Crippen LogP contribution >= 0.6 is 0 Å². The fourth-order valence-electron chi connectivity index (χ4n) is 2.85. The molecule has 1 aromatic heterocycles. The molecule has 0 saturated carbocycles. The number of para-hydroxylation sites is 1. The van der Waals surface area contributed by atoms with Gasteiger partial charge >= 0.3 is 5.56 Å². The molecule has 3 rings (SSSR count). The maximum absolute atomic E-state index is 12.2. The van der Waals surface area contributed by atoms with E-state index in [0.29, 0.717) is 18.4 Å². The summed E-state index contributed by atoms with van der Waals surface area (Å²) in [5, 5.41) is 3.33. The molecule has 0 atom stereocenters. The molecule has 1 heterocycles. The predicted molar refractivity (Wildman–Crippen MR) is 104 cm³/mol. The maximum Gasteiger partial charge on any atom is 0.316 e. The lowest BCUT2D eigenvalue weighted by Crippen LogP contribution is -2.19. The minimum absolute atomic E-state index is 0.226. The number of nitrogens with zero attached hydrogens (tertiary/aromatic N) is 2. The Hall–Kier alpha value is -3.08. The summed E-state index contributed by atoms with van der Waals surface area (Å²) in [4.78, 5) is 16.4. The molecule has 0 fully saturated rings. The summed E-state index contributed by atoms with van der Waals surface area (Å²) in [6.07, 6.45) is 1.70. The lowest BCUT2D eigenvalue weighted by atomic mass is 10.0. The molecule has 3 aromatic rings. The summed E-state index contributed by atoms with van der Waals surface area (Å²) < 4.78 is 7.06. The Labute approximate surface area is 153 Å². The highest BCUT2D eigenvalue weighted by atomic mass is 16.5. The van der Waals surface area contributed by atoms with E-state index in [-0.39, 0.29) is 11.3 Å². The van der Waals surface area contributed by atoms with Crippen LogP contribution in [0.3, 0.4) is 0 Å². The van der Waals surface area contributed by atoms with Gasteiger partial charge in [0.05, 0.1) is 19.9 Å². The zero-order valence-electron chi connectivity index (χ0n) is 15.3. The third kappa shape index (κ3) is 3.94. The first kappa shape index (κ1) is 17.7. The van der Waals surface area contributed by atoms with E-state index in [1.54, 1.807) is 6.20 Å². The van der Waals surface area contributed by atoms with E-state index in [1.807, 2.05) is 53.1 Å². The van der Waals surface area contributed by atoms with Gasteiger partial charge in [-0.2, -0.15) is 4.98 Å². The van der Waals surface area contributed by atoms with Gasteiger partial charge in [0.1, 0.15) is 0 Å². The minimum atomic E-state index is -0.388. The SMILES string of the molecule is COc1cn(Cc2ccccc2)c(Nc2ccccc2C(C)C)nc1=O. The lowest BCUT2D eigenvalue weighted by molar-refractivity contribution is 0.402. The summed E-state index contributed by atoms with van der Waals surface area (Å²) >= 11 is 0. The first-order valence-electron chi connectivity index (χ1n) is 8.64. The Morgan fingerprint density at radius 2 is 1.77 bits per heavy atom. The van der Waals surface area contributed by atoms with E-state index in [0.717, 1.165) is 11.3 Å². The molecule has 0 aliphatic rings. The zero-order valence-corrected chi connectivity index (χ0v) is 15.3. The molecular formula is C21H23N3O2. The molecule has 134 valence electrons. The predicted octanol–water partition coefficient (Wildman–Crippen LogP) is 4.17. The average molecular weight is 349 g/mol. The first-order valence-corrected chi connectivity index (χ1v) is 8.64. The second kappa shape index (κ2) is 7.87. The van der Waals surface area contributed by atoms with Gasteiger partial charge < -0.3 is 14.6 Å². The summed E-state index contributed by atoms with van der Waals surface area (Å²) in [7, 11) is 1.48. The van der Waals surface area contributed by atoms with Gasteiger partial charge in [-0.3, -0.25) is 4.79 Å². The van der Waals surface area contributed by atoms with Crippen LogP contribution in [0.4, 0.5) is 11.6 Å². The number of nitrogens with one attached hydrogen (secondary N) is 1. The zero-order chi connectivity index (χ0) is 18.5. The van der Waals surface area contributed by atoms with Crippen molar-refractivity contribution in [3.05, 3.63) is 82.3 Å². The van der Waals surface area contributed by atoms with Gasteiger partial charge in [0.25, 0.3) is 0 Å². The highest BCUT2D eigenvalue weighted by Gasteiger charge is 2.12. The van der Waals surface area contributed by atoms with Crippen molar-refractivity contribution in [1.82, 2.24) is 9.55 Å². The molecule has 26 heavy (non-hydrogen) atoms. The Kier molecular flexibility index (Phi) is 5.37. The molecule has 0 bridgehead atoms. The second-order valence-corrected chi connectivity index (χ2v) is 6.42. The van der Waals surface area contributed by atoms with Gasteiger partial charge in [0.2, 0.25) is 11.7 Å². The molecule has 0 amide bonds. The molecule has 5 heteroatoms. The standard InChI is InChI=1S/C21H23N3O2/c1-15(2)17-11-7-8-12-18(17)22-21-23-20(25)19(26-3)14-24(21)13-16-9-5-4-6-10-16/h4-12,14-15H,13H2,1-3H3,(H,22,23,25). The molecule has 0 spiro atoms. The van der Waals surface area contributed by atoms with Crippen molar-refractivity contribution < 1.29 is 4.74 Å². The summed E-state index contributed by atoms with van der Waals surface area (Å²) in [5.74, 6) is 1.07. The van der Waals surface area contributed by atoms with Gasteiger partial charge in [-0.1, -0.05) is 62.4 Å². The lowest BCUT2D eigenvalue weighted by Gasteiger charge is -2.18. The Bertz CT molecular complexity index is 933. The van der Waals surface area contributed by atoms with Crippen molar-refractivity contribution in [2.75, 3.05) is 12.4 Å². The Morgan fingerprint density at radius 3 is 2.46 bits per heavy atom. The normalized spacial score (nSPS) is 10.8. The van der Waals surface area contributed by atoms with E-state index in [2.05, 4.69) is 30.2 Å². The fourth-order valence-corrected chi connectivity index (χ4v) is 2.85. The minimum Gasteiger partial charge on any atom is -0.490 e. The number of rotatable bonds is 6. The van der Waals surface area contributed by atoms with Crippen LogP contribution in [-0.4, -0.2) is 16.7 Å². The van der Waals surface area contributed by atoms with E-state index in [9.17, 15) is 4.79 Å². The first-order chi connectivity index (χ1) is 12.6. The van der Waals surface area contributed by atoms with Crippen LogP contribution in [-0.2, 0) is 6.54 Å². The summed E-state index contributed by atoms with van der Waals surface area (Å²) in [5.41, 5.74) is 2.84. The van der Waals surface area contributed by atoms with Crippen LogP contribution in [0.1, 0.15) is 30.9 Å². The number of ether oxygens (including phenoxy) is 1. The summed E-state index contributed by atoms with van der Waals surface area (Å²) in [6, 6.07) is 18.1. The third-order valence-corrected chi connectivity index (χ3v) is 4.21. The van der Waals surface area contributed by atoms with Gasteiger partial charge in [-0.15, -0.1) is 0 Å². The van der Waals surface area contributed by atoms with E-state index < -0.39 is 0 Å². The molecular weight excluding hydrogens is 326 g/mol. The molecule has 0 aliphatic carbocycles. The summed E-state index contributed by atoms with van der Waals surface area (Å²) in [6.45, 7) is 4.86. The smallest absolute Gasteiger partial charge is 0.316 e. The Morgan fingerprint density at radius 1 is 1.08 bits per heavy atom. The van der Waals surface area contributed by atoms with Crippen LogP contribution in [0.2, 0.25) is 0 Å². The quantitative estimate of drug-likeness (QED) is 0.726. The van der Waals surface area contributed by atoms with Crippen molar-refractivity contribution in [2.24, 2.45) is 0 Å². The number of aromatic nitrogens is 2. The van der Waals surface area contributed by atoms with Gasteiger partial charge in [0.15, 0.2) is 0 Å². The number of methoxy groups -OCH3 is 1. The topological polar surface area (TPSA) is 56.1 Å². The van der Waals surface area contributed by atoms with Crippen molar-refractivity contribution in [1.29, 1.82) is 0 Å². The van der Waals surface area contributed by atoms with Crippen molar-refractivity contribution in [2.45, 2.75) is 26.3 Å². The van der Waals surface area contributed by atoms with Crippen molar-refractivity contribution >= 4 is 11.6 Å². The van der Waals surface area contributed by atoms with Crippen LogP contribution < -0.4 is 15.6 Å². The van der Waals surface area contributed by atoms with Crippen LogP contribution in [0.25, 0.3) is 0 Å². The number of hydrogen-bond donors (Lipinski definition) is 1. The number of anilines is 2. The number of benzene rings is 2. The average Bonchev–Trinajstić information content (AvgIpc) is 2.65. The number of hydrogen-bond acceptors (Lipinski definition) is 4. The molecule has 0 radical (unpaired) electrons. The highest BCUT2D eigenvalue weighted by Crippen LogP contribution is 2.26.